The highest BCUT2D eigenvalue weighted by Gasteiger charge is 2.12. The van der Waals surface area contributed by atoms with Crippen LogP contribution in [0.5, 0.6) is 11.6 Å². The molecule has 150 valence electrons. The number of nitrogens with one attached hydrogen (secondary N) is 1. The first-order chi connectivity index (χ1) is 15.2. The van der Waals surface area contributed by atoms with E-state index in [1.807, 2.05) is 0 Å². The smallest absolute Gasteiger partial charge is 0.295 e. The van der Waals surface area contributed by atoms with Crippen molar-refractivity contribution in [1.29, 1.82) is 0 Å². The Balaban J connectivity index is 1.61. The normalized spacial score (nSPS) is 12.4. The maximum Gasteiger partial charge on any atom is 0.295 e. The predicted molar refractivity (Wildman–Crippen MR) is 102 cm³/mol. The minimum atomic E-state index is -2.23. The van der Waals surface area contributed by atoms with E-state index in [2.05, 4.69) is 20.4 Å². The van der Waals surface area contributed by atoms with Gasteiger partial charge in [-0.1, -0.05) is 0 Å². The molecular weight excluding hydrogens is 379 g/mol. The summed E-state index contributed by atoms with van der Waals surface area (Å²) in [5.74, 6) is -0.572. The maximum absolute atomic E-state index is 13.8. The monoisotopic (exact) mass is 401 g/mol. The summed E-state index contributed by atoms with van der Waals surface area (Å²) >= 11 is 0. The lowest BCUT2D eigenvalue weighted by atomic mass is 10.2. The fourth-order valence-corrected chi connectivity index (χ4v) is 2.33. The zero-order chi connectivity index (χ0) is 23.1. The number of carbonyl (C=O) groups is 1. The third-order valence-electron chi connectivity index (χ3n) is 3.76. The Kier molecular flexibility index (Phi) is 5.40. The highest BCUT2D eigenvalue weighted by molar-refractivity contribution is 5.91. The Morgan fingerprint density at radius 3 is 2.90 bits per heavy atom. The topological polar surface area (TPSA) is 95.5 Å². The quantitative estimate of drug-likeness (QED) is 0.580. The lowest BCUT2D eigenvalue weighted by Gasteiger charge is -2.08. The highest BCUT2D eigenvalue weighted by Crippen LogP contribution is 2.18. The molecule has 3 aromatic rings. The molecule has 0 bridgehead atoms. The lowest BCUT2D eigenvalue weighted by Crippen LogP contribution is -2.25. The second-order valence-corrected chi connectivity index (χ2v) is 5.64. The summed E-state index contributed by atoms with van der Waals surface area (Å²) in [7, 11) is 1.46. The van der Waals surface area contributed by atoms with Gasteiger partial charge in [0.05, 0.1) is 31.8 Å². The Morgan fingerprint density at radius 1 is 1.24 bits per heavy atom. The van der Waals surface area contributed by atoms with Crippen molar-refractivity contribution < 1.29 is 27.6 Å². The number of hydroxylamine groups is 1. The van der Waals surface area contributed by atoms with Gasteiger partial charge in [-0.2, -0.15) is 0 Å². The number of methoxy groups -OCH3 is 1. The molecule has 8 nitrogen and oxygen atoms in total. The van der Waals surface area contributed by atoms with Crippen molar-refractivity contribution in [3.63, 3.8) is 0 Å². The highest BCUT2D eigenvalue weighted by atomic mass is 19.1. The van der Waals surface area contributed by atoms with Crippen LogP contribution in [-0.4, -0.2) is 34.6 Å². The summed E-state index contributed by atoms with van der Waals surface area (Å²) < 4.78 is 45.4. The van der Waals surface area contributed by atoms with E-state index in [4.69, 9.17) is 18.4 Å². The Labute approximate surface area is 170 Å². The van der Waals surface area contributed by atoms with Crippen molar-refractivity contribution in [3.8, 4) is 22.9 Å². The van der Waals surface area contributed by atoms with Crippen molar-refractivity contribution >= 4 is 5.91 Å². The molecule has 1 N–H and O–H groups in total. The zero-order valence-electron chi connectivity index (χ0n) is 18.4. The number of hydrogen-bond acceptors (Lipinski definition) is 7. The second-order valence-electron chi connectivity index (χ2n) is 5.64. The molecule has 0 aliphatic carbocycles. The Hall–Kier alpha value is -3.59. The van der Waals surface area contributed by atoms with Crippen LogP contribution in [0, 0.1) is 5.82 Å². The largest absolute Gasteiger partial charge is 0.497 e. The number of benzene rings is 1. The molecule has 0 fully saturated rings. The molecule has 2 heterocycles. The van der Waals surface area contributed by atoms with Crippen LogP contribution in [0.1, 0.15) is 27.0 Å². The molecule has 2 aromatic heterocycles. The molecule has 0 radical (unpaired) electrons. The van der Waals surface area contributed by atoms with Gasteiger partial charge in [0.25, 0.3) is 5.91 Å². The summed E-state index contributed by atoms with van der Waals surface area (Å²) in [4.78, 5) is 29.6. The van der Waals surface area contributed by atoms with Gasteiger partial charge in [-0.05, 0) is 31.1 Å². The van der Waals surface area contributed by atoms with E-state index in [0.717, 1.165) is 0 Å². The van der Waals surface area contributed by atoms with Crippen molar-refractivity contribution in [2.45, 2.75) is 13.5 Å². The van der Waals surface area contributed by atoms with Crippen molar-refractivity contribution in [2.75, 3.05) is 13.7 Å². The molecule has 3 rings (SSSR count). The molecule has 1 amide bonds. The van der Waals surface area contributed by atoms with Crippen molar-refractivity contribution in [3.05, 3.63) is 66.0 Å². The van der Waals surface area contributed by atoms with Gasteiger partial charge in [-0.15, -0.1) is 0 Å². The van der Waals surface area contributed by atoms with Crippen LogP contribution in [0.2, 0.25) is 0 Å². The molecule has 0 unspecified atom stereocenters. The van der Waals surface area contributed by atoms with E-state index in [-0.39, 0.29) is 23.7 Å². The molecule has 0 aliphatic heterocycles. The maximum atomic E-state index is 13.8. The SMILES string of the molecule is [2H]C([2H])([2H])COc1ccc(-c2cncc(C(=O)NOCc3cc(OC)ccc3F)n2)cn1. The van der Waals surface area contributed by atoms with Gasteiger partial charge in [0.2, 0.25) is 5.88 Å². The van der Waals surface area contributed by atoms with E-state index < -0.39 is 25.2 Å². The first kappa shape index (κ1) is 16.4. The van der Waals surface area contributed by atoms with Crippen LogP contribution in [0.15, 0.2) is 48.9 Å². The van der Waals surface area contributed by atoms with E-state index in [0.29, 0.717) is 17.0 Å². The first-order valence-corrected chi connectivity index (χ1v) is 8.41. The van der Waals surface area contributed by atoms with Crippen molar-refractivity contribution in [1.82, 2.24) is 20.4 Å². The van der Waals surface area contributed by atoms with Gasteiger partial charge in [0, 0.05) is 27.5 Å². The van der Waals surface area contributed by atoms with Gasteiger partial charge in [-0.25, -0.2) is 19.8 Å². The van der Waals surface area contributed by atoms with Crippen LogP contribution in [0.3, 0.4) is 0 Å². The molecule has 0 saturated carbocycles. The minimum Gasteiger partial charge on any atom is -0.497 e. The van der Waals surface area contributed by atoms with Crippen LogP contribution in [-0.2, 0) is 11.4 Å². The van der Waals surface area contributed by atoms with Gasteiger partial charge in [0.1, 0.15) is 23.9 Å². The van der Waals surface area contributed by atoms with E-state index in [9.17, 15) is 9.18 Å². The van der Waals surface area contributed by atoms with Crippen LogP contribution < -0.4 is 15.0 Å². The number of ether oxygens (including phenoxy) is 2. The molecule has 9 heteroatoms. The number of amides is 1. The number of hydrogen-bond donors (Lipinski definition) is 1. The second kappa shape index (κ2) is 9.56. The number of carbonyl (C=O) groups excluding carboxylic acids is 1. The summed E-state index contributed by atoms with van der Waals surface area (Å²) in [5.41, 5.74) is 3.25. The number of halogens is 1. The number of nitrogens with zero attached hydrogens (tertiary/aromatic N) is 3. The molecule has 0 spiro atoms. The fourth-order valence-electron chi connectivity index (χ4n) is 2.33. The van der Waals surface area contributed by atoms with Gasteiger partial charge in [-0.3, -0.25) is 14.6 Å². The summed E-state index contributed by atoms with van der Waals surface area (Å²) in [6, 6.07) is 7.26. The first-order valence-electron chi connectivity index (χ1n) is 9.91. The summed E-state index contributed by atoms with van der Waals surface area (Å²) in [5, 5.41) is 0. The molecule has 0 aliphatic rings. The number of rotatable bonds is 8. The zero-order valence-corrected chi connectivity index (χ0v) is 15.4. The summed E-state index contributed by atoms with van der Waals surface area (Å²) in [6.07, 6.45) is 4.10. The van der Waals surface area contributed by atoms with Gasteiger partial charge < -0.3 is 9.47 Å². The minimum absolute atomic E-state index is 0.0312. The van der Waals surface area contributed by atoms with Crippen LogP contribution in [0.25, 0.3) is 11.3 Å². The lowest BCUT2D eigenvalue weighted by molar-refractivity contribution is 0.0219. The molecular formula is C20H19FN4O4. The molecule has 0 saturated heterocycles. The molecule has 0 atom stereocenters. The van der Waals surface area contributed by atoms with Crippen molar-refractivity contribution in [2.24, 2.45) is 0 Å². The Morgan fingerprint density at radius 2 is 2.14 bits per heavy atom. The third-order valence-corrected chi connectivity index (χ3v) is 3.76. The van der Waals surface area contributed by atoms with Gasteiger partial charge in [0.15, 0.2) is 0 Å². The summed E-state index contributed by atoms with van der Waals surface area (Å²) in [6.45, 7) is -2.91. The average molecular weight is 401 g/mol. The molecule has 1 aromatic carbocycles. The third kappa shape index (κ3) is 5.23. The fraction of sp³-hybridized carbons (Fsp3) is 0.200. The van der Waals surface area contributed by atoms with E-state index >= 15 is 0 Å². The number of aromatic nitrogens is 3. The van der Waals surface area contributed by atoms with E-state index in [1.54, 1.807) is 6.07 Å². The predicted octanol–water partition coefficient (Wildman–Crippen LogP) is 2.95. The Bertz CT molecular complexity index is 1080. The van der Waals surface area contributed by atoms with Crippen LogP contribution >= 0.6 is 0 Å². The number of pyridine rings is 1. The average Bonchev–Trinajstić information content (AvgIpc) is 2.79. The van der Waals surface area contributed by atoms with E-state index in [1.165, 1.54) is 50.0 Å². The molecule has 29 heavy (non-hydrogen) atoms. The van der Waals surface area contributed by atoms with Crippen LogP contribution in [0.4, 0.5) is 4.39 Å². The standard InChI is InChI=1S/C20H19FN4O4/c1-3-28-19-7-4-13(9-23-19)17-10-22-11-18(24-17)20(26)25-29-12-14-8-15(27-2)5-6-16(14)21/h4-11H,3,12H2,1-2H3,(H,25,26)/i1D3. The van der Waals surface area contributed by atoms with Gasteiger partial charge >= 0.3 is 0 Å².